The van der Waals surface area contributed by atoms with Crippen LogP contribution in [0.25, 0.3) is 0 Å². The van der Waals surface area contributed by atoms with E-state index in [1.54, 1.807) is 0 Å². The van der Waals surface area contributed by atoms with Gasteiger partial charge in [0, 0.05) is 5.92 Å². The highest BCUT2D eigenvalue weighted by Crippen LogP contribution is 2.34. The SMILES string of the molecule is CCCOc1cccc([C@H]2CCCC[C@@H]2O)c1. The van der Waals surface area contributed by atoms with Crippen molar-refractivity contribution in [2.75, 3.05) is 6.61 Å². The van der Waals surface area contributed by atoms with Gasteiger partial charge in [0.25, 0.3) is 0 Å². The molecule has 1 aliphatic carbocycles. The lowest BCUT2D eigenvalue weighted by Crippen LogP contribution is -2.22. The van der Waals surface area contributed by atoms with Crippen LogP contribution in [0.2, 0.25) is 0 Å². The third kappa shape index (κ3) is 3.22. The molecule has 0 radical (unpaired) electrons. The molecule has 2 heteroatoms. The van der Waals surface area contributed by atoms with Crippen LogP contribution in [0.5, 0.6) is 5.75 Å². The Kier molecular flexibility index (Phi) is 4.43. The predicted molar refractivity (Wildman–Crippen MR) is 69.4 cm³/mol. The topological polar surface area (TPSA) is 29.5 Å². The number of aliphatic hydroxyl groups is 1. The third-order valence-corrected chi connectivity index (χ3v) is 3.49. The first-order chi connectivity index (χ1) is 8.31. The van der Waals surface area contributed by atoms with E-state index in [0.717, 1.165) is 38.0 Å². The summed E-state index contributed by atoms with van der Waals surface area (Å²) in [6.45, 7) is 2.87. The van der Waals surface area contributed by atoms with E-state index < -0.39 is 0 Å². The average molecular weight is 234 g/mol. The Morgan fingerprint density at radius 1 is 1.29 bits per heavy atom. The number of hydrogen-bond acceptors (Lipinski definition) is 2. The molecule has 0 aromatic heterocycles. The van der Waals surface area contributed by atoms with Gasteiger partial charge in [0.05, 0.1) is 12.7 Å². The van der Waals surface area contributed by atoms with Crippen LogP contribution in [0.15, 0.2) is 24.3 Å². The Morgan fingerprint density at radius 3 is 2.88 bits per heavy atom. The molecule has 17 heavy (non-hydrogen) atoms. The molecule has 0 bridgehead atoms. The molecule has 2 atom stereocenters. The van der Waals surface area contributed by atoms with Gasteiger partial charge in [-0.3, -0.25) is 0 Å². The lowest BCUT2D eigenvalue weighted by Gasteiger charge is -2.28. The number of ether oxygens (including phenoxy) is 1. The summed E-state index contributed by atoms with van der Waals surface area (Å²) in [5, 5.41) is 10.0. The smallest absolute Gasteiger partial charge is 0.119 e. The van der Waals surface area contributed by atoms with Gasteiger partial charge >= 0.3 is 0 Å². The summed E-state index contributed by atoms with van der Waals surface area (Å²) < 4.78 is 5.64. The molecule has 0 heterocycles. The summed E-state index contributed by atoms with van der Waals surface area (Å²) in [5.74, 6) is 1.23. The average Bonchev–Trinajstić information content (AvgIpc) is 2.37. The first kappa shape index (κ1) is 12.4. The van der Waals surface area contributed by atoms with Gasteiger partial charge in [0.1, 0.15) is 5.75 Å². The summed E-state index contributed by atoms with van der Waals surface area (Å²) in [4.78, 5) is 0. The fourth-order valence-corrected chi connectivity index (χ4v) is 2.55. The van der Waals surface area contributed by atoms with Crippen molar-refractivity contribution in [3.05, 3.63) is 29.8 Å². The fourth-order valence-electron chi connectivity index (χ4n) is 2.55. The zero-order chi connectivity index (χ0) is 12.1. The molecule has 1 fully saturated rings. The summed E-state index contributed by atoms with van der Waals surface area (Å²) in [5.41, 5.74) is 1.23. The van der Waals surface area contributed by atoms with E-state index in [4.69, 9.17) is 4.74 Å². The molecule has 1 N–H and O–H groups in total. The second-order valence-corrected chi connectivity index (χ2v) is 4.88. The highest BCUT2D eigenvalue weighted by Gasteiger charge is 2.24. The molecule has 1 aliphatic rings. The van der Waals surface area contributed by atoms with Gasteiger partial charge in [-0.25, -0.2) is 0 Å². The summed E-state index contributed by atoms with van der Waals surface area (Å²) in [6.07, 6.45) is 5.26. The molecular weight excluding hydrogens is 212 g/mol. The Balaban J connectivity index is 2.08. The van der Waals surface area contributed by atoms with Crippen molar-refractivity contribution in [2.45, 2.75) is 51.0 Å². The molecule has 1 aromatic rings. The van der Waals surface area contributed by atoms with Gasteiger partial charge in [0.15, 0.2) is 0 Å². The van der Waals surface area contributed by atoms with E-state index in [0.29, 0.717) is 5.92 Å². The van der Waals surface area contributed by atoms with Gasteiger partial charge in [-0.15, -0.1) is 0 Å². The minimum Gasteiger partial charge on any atom is -0.494 e. The standard InChI is InChI=1S/C15H22O2/c1-2-10-17-13-7-5-6-12(11-13)14-8-3-4-9-15(14)16/h5-7,11,14-16H,2-4,8-10H2,1H3/t14-,15+/m1/s1. The van der Waals surface area contributed by atoms with Crippen molar-refractivity contribution in [3.63, 3.8) is 0 Å². The van der Waals surface area contributed by atoms with Gasteiger partial charge in [0.2, 0.25) is 0 Å². The Hall–Kier alpha value is -1.02. The molecule has 94 valence electrons. The Labute approximate surface area is 104 Å². The number of aliphatic hydroxyl groups excluding tert-OH is 1. The number of hydrogen-bond donors (Lipinski definition) is 1. The Morgan fingerprint density at radius 2 is 2.12 bits per heavy atom. The molecule has 1 aromatic carbocycles. The molecule has 0 amide bonds. The minimum atomic E-state index is -0.176. The first-order valence-electron chi connectivity index (χ1n) is 6.72. The van der Waals surface area contributed by atoms with E-state index in [2.05, 4.69) is 19.1 Å². The van der Waals surface area contributed by atoms with Gasteiger partial charge in [-0.2, -0.15) is 0 Å². The van der Waals surface area contributed by atoms with Crippen LogP contribution < -0.4 is 4.74 Å². The maximum Gasteiger partial charge on any atom is 0.119 e. The van der Waals surface area contributed by atoms with Gasteiger partial charge < -0.3 is 9.84 Å². The lowest BCUT2D eigenvalue weighted by atomic mass is 9.82. The second-order valence-electron chi connectivity index (χ2n) is 4.88. The molecule has 0 spiro atoms. The predicted octanol–water partition coefficient (Wildman–Crippen LogP) is 3.49. The van der Waals surface area contributed by atoms with E-state index in [1.807, 2.05) is 12.1 Å². The van der Waals surface area contributed by atoms with E-state index >= 15 is 0 Å². The monoisotopic (exact) mass is 234 g/mol. The van der Waals surface area contributed by atoms with Crippen LogP contribution in [0.1, 0.15) is 50.5 Å². The quantitative estimate of drug-likeness (QED) is 0.864. The zero-order valence-corrected chi connectivity index (χ0v) is 10.6. The van der Waals surface area contributed by atoms with E-state index in [-0.39, 0.29) is 6.10 Å². The number of benzene rings is 1. The van der Waals surface area contributed by atoms with E-state index in [1.165, 1.54) is 12.0 Å². The second kappa shape index (κ2) is 6.06. The molecular formula is C15H22O2. The van der Waals surface area contributed by atoms with Crippen molar-refractivity contribution < 1.29 is 9.84 Å². The Bertz CT molecular complexity index is 349. The zero-order valence-electron chi connectivity index (χ0n) is 10.6. The molecule has 2 rings (SSSR count). The molecule has 0 saturated heterocycles. The van der Waals surface area contributed by atoms with Crippen LogP contribution in [0, 0.1) is 0 Å². The molecule has 0 unspecified atom stereocenters. The molecule has 1 saturated carbocycles. The fraction of sp³-hybridized carbons (Fsp3) is 0.600. The van der Waals surface area contributed by atoms with Gasteiger partial charge in [-0.05, 0) is 37.0 Å². The summed E-state index contributed by atoms with van der Waals surface area (Å²) >= 11 is 0. The maximum absolute atomic E-state index is 10.0. The van der Waals surface area contributed by atoms with Crippen LogP contribution >= 0.6 is 0 Å². The lowest BCUT2D eigenvalue weighted by molar-refractivity contribution is 0.106. The largest absolute Gasteiger partial charge is 0.494 e. The maximum atomic E-state index is 10.0. The highest BCUT2D eigenvalue weighted by molar-refractivity contribution is 5.31. The van der Waals surface area contributed by atoms with Gasteiger partial charge in [-0.1, -0.05) is 31.9 Å². The normalized spacial score (nSPS) is 24.6. The van der Waals surface area contributed by atoms with Crippen LogP contribution in [0.4, 0.5) is 0 Å². The molecule has 2 nitrogen and oxygen atoms in total. The van der Waals surface area contributed by atoms with Crippen molar-refractivity contribution >= 4 is 0 Å². The van der Waals surface area contributed by atoms with Crippen LogP contribution in [-0.2, 0) is 0 Å². The van der Waals surface area contributed by atoms with Crippen LogP contribution in [0.3, 0.4) is 0 Å². The third-order valence-electron chi connectivity index (χ3n) is 3.49. The minimum absolute atomic E-state index is 0.176. The van der Waals surface area contributed by atoms with Crippen molar-refractivity contribution in [1.82, 2.24) is 0 Å². The van der Waals surface area contributed by atoms with Crippen molar-refractivity contribution in [2.24, 2.45) is 0 Å². The van der Waals surface area contributed by atoms with Crippen molar-refractivity contribution in [1.29, 1.82) is 0 Å². The van der Waals surface area contributed by atoms with Crippen LogP contribution in [-0.4, -0.2) is 17.8 Å². The van der Waals surface area contributed by atoms with E-state index in [9.17, 15) is 5.11 Å². The molecule has 0 aliphatic heterocycles. The summed E-state index contributed by atoms with van der Waals surface area (Å²) in [7, 11) is 0. The summed E-state index contributed by atoms with van der Waals surface area (Å²) in [6, 6.07) is 8.23. The highest BCUT2D eigenvalue weighted by atomic mass is 16.5. The number of rotatable bonds is 4. The first-order valence-corrected chi connectivity index (χ1v) is 6.72. The van der Waals surface area contributed by atoms with Crippen molar-refractivity contribution in [3.8, 4) is 5.75 Å².